The topological polar surface area (TPSA) is 0 Å². The van der Waals surface area contributed by atoms with Crippen LogP contribution in [-0.4, -0.2) is 14.0 Å². The second-order valence-corrected chi connectivity index (χ2v) is 3.93. The molecule has 0 amide bonds. The lowest BCUT2D eigenvalue weighted by molar-refractivity contribution is 0.486. The predicted octanol–water partition coefficient (Wildman–Crippen LogP) is 1.77. The van der Waals surface area contributed by atoms with E-state index in [4.69, 9.17) is 0 Å². The van der Waals surface area contributed by atoms with Crippen LogP contribution in [0, 0.1) is 0 Å². The van der Waals surface area contributed by atoms with Gasteiger partial charge in [-0.3, -0.25) is 0 Å². The summed E-state index contributed by atoms with van der Waals surface area (Å²) in [6.07, 6.45) is 0. The molecule has 0 saturated heterocycles. The van der Waals surface area contributed by atoms with Crippen LogP contribution in [-0.2, 0) is 0 Å². The Labute approximate surface area is 43.0 Å². The molecule has 0 saturated carbocycles. The van der Waals surface area contributed by atoms with Gasteiger partial charge in [0.1, 0.15) is 0 Å². The molecule has 0 unspecified atom stereocenters. The molecule has 6 heavy (non-hydrogen) atoms. The number of hydrogen-bond donors (Lipinski definition) is 0. The molecule has 0 spiro atoms. The number of hydrogen-bond acceptors (Lipinski definition) is 0. The van der Waals surface area contributed by atoms with Crippen molar-refractivity contribution in [3.05, 3.63) is 0 Å². The van der Waals surface area contributed by atoms with Crippen molar-refractivity contribution in [3.8, 4) is 0 Å². The molecule has 0 aromatic heterocycles. The Balaban J connectivity index is 3.17. The fourth-order valence-electron chi connectivity index (χ4n) is 0. The van der Waals surface area contributed by atoms with E-state index in [0.29, 0.717) is 0 Å². The fraction of sp³-hybridized carbons (Fsp3) is 1.00. The van der Waals surface area contributed by atoms with Gasteiger partial charge in [0.25, 0.3) is 0 Å². The summed E-state index contributed by atoms with van der Waals surface area (Å²) in [6.45, 7) is 0. The van der Waals surface area contributed by atoms with Crippen molar-refractivity contribution in [2.24, 2.45) is 0 Å². The van der Waals surface area contributed by atoms with E-state index in [-0.39, 0.29) is 0 Å². The van der Waals surface area contributed by atoms with Gasteiger partial charge in [0.05, 0.1) is 4.95 Å². The standard InChI is InChI=1S/CH2BrF3Si/c2-1-6(3,4)5/h1H2. The van der Waals surface area contributed by atoms with Gasteiger partial charge in [-0.1, -0.05) is 15.9 Å². The molecular formula is CH2BrF3Si. The highest BCUT2D eigenvalue weighted by Gasteiger charge is 2.34. The third-order valence-electron chi connectivity index (χ3n) is 0.152. The number of rotatable bonds is 1. The SMILES string of the molecule is F[Si](F)(F)CBr. The minimum Gasteiger partial charge on any atom is -0.237 e. The van der Waals surface area contributed by atoms with Crippen molar-refractivity contribution in [2.45, 2.75) is 0 Å². The summed E-state index contributed by atoms with van der Waals surface area (Å²) in [4.78, 5) is -0.778. The van der Waals surface area contributed by atoms with Crippen molar-refractivity contribution >= 4 is 25.0 Å². The van der Waals surface area contributed by atoms with Gasteiger partial charge >= 0.3 is 9.08 Å². The van der Waals surface area contributed by atoms with Crippen molar-refractivity contribution < 1.29 is 12.3 Å². The molecule has 0 aromatic rings. The molecule has 0 N–H and O–H groups in total. The van der Waals surface area contributed by atoms with Crippen LogP contribution < -0.4 is 0 Å². The lowest BCUT2D eigenvalue weighted by Crippen LogP contribution is -2.16. The molecule has 5 heteroatoms. The van der Waals surface area contributed by atoms with Crippen LogP contribution in [0.5, 0.6) is 0 Å². The van der Waals surface area contributed by atoms with E-state index < -0.39 is 14.0 Å². The maximum atomic E-state index is 10.9. The maximum Gasteiger partial charge on any atom is 0.627 e. The van der Waals surface area contributed by atoms with Crippen molar-refractivity contribution in [3.63, 3.8) is 0 Å². The molecule has 0 rings (SSSR count). The lowest BCUT2D eigenvalue weighted by atomic mass is 11.9. The van der Waals surface area contributed by atoms with Crippen LogP contribution in [0.2, 0.25) is 0 Å². The summed E-state index contributed by atoms with van der Waals surface area (Å²) in [7, 11) is -5.21. The largest absolute Gasteiger partial charge is 0.627 e. The number of halogens is 4. The van der Waals surface area contributed by atoms with E-state index >= 15 is 0 Å². The van der Waals surface area contributed by atoms with Crippen LogP contribution >= 0.6 is 15.9 Å². The minimum atomic E-state index is -5.21. The molecule has 0 radical (unpaired) electrons. The second-order valence-electron chi connectivity index (χ2n) is 0.749. The zero-order valence-corrected chi connectivity index (χ0v) is 5.30. The average molecular weight is 179 g/mol. The van der Waals surface area contributed by atoms with Gasteiger partial charge in [0, 0.05) is 0 Å². The van der Waals surface area contributed by atoms with E-state index in [1.807, 2.05) is 0 Å². The molecule has 0 nitrogen and oxygen atoms in total. The third-order valence-corrected chi connectivity index (χ3v) is 2.36. The third kappa shape index (κ3) is 4.49. The minimum absolute atomic E-state index is 0.778. The molecule has 0 aliphatic rings. The first kappa shape index (κ1) is 6.49. The summed E-state index contributed by atoms with van der Waals surface area (Å²) in [5, 5.41) is 0. The molecule has 0 atom stereocenters. The molecule has 0 aliphatic carbocycles. The highest BCUT2D eigenvalue weighted by Crippen LogP contribution is 2.09. The molecule has 0 aliphatic heterocycles. The summed E-state index contributed by atoms with van der Waals surface area (Å²) < 4.78 is 32.6. The van der Waals surface area contributed by atoms with Gasteiger partial charge in [0.2, 0.25) is 0 Å². The highest BCUT2D eigenvalue weighted by atomic mass is 79.9. The first-order valence-corrected chi connectivity index (χ1v) is 4.15. The van der Waals surface area contributed by atoms with Crippen LogP contribution in [0.1, 0.15) is 0 Å². The molecular weight excluding hydrogens is 177 g/mol. The van der Waals surface area contributed by atoms with E-state index in [9.17, 15) is 12.3 Å². The smallest absolute Gasteiger partial charge is 0.237 e. The summed E-state index contributed by atoms with van der Waals surface area (Å²) in [6, 6.07) is 0. The molecule has 0 fully saturated rings. The zero-order chi connectivity index (χ0) is 5.21. The van der Waals surface area contributed by atoms with Gasteiger partial charge in [-0.15, -0.1) is 0 Å². The normalized spacial score (nSPS) is 12.0. The Morgan fingerprint density at radius 2 is 1.50 bits per heavy atom. The van der Waals surface area contributed by atoms with E-state index in [1.54, 1.807) is 0 Å². The Morgan fingerprint density at radius 3 is 1.50 bits per heavy atom. The quantitative estimate of drug-likeness (QED) is 0.327. The summed E-state index contributed by atoms with van der Waals surface area (Å²) >= 11 is 2.31. The van der Waals surface area contributed by atoms with Gasteiger partial charge in [-0.2, -0.15) is 0 Å². The second kappa shape index (κ2) is 1.97. The Bertz CT molecular complexity index is 40.5. The maximum absolute atomic E-state index is 10.9. The molecule has 0 bridgehead atoms. The van der Waals surface area contributed by atoms with Crippen LogP contribution in [0.25, 0.3) is 0 Å². The van der Waals surface area contributed by atoms with Gasteiger partial charge in [-0.05, 0) is 0 Å². The lowest BCUT2D eigenvalue weighted by Gasteiger charge is -1.89. The van der Waals surface area contributed by atoms with Crippen LogP contribution in [0.3, 0.4) is 0 Å². The molecule has 38 valence electrons. The van der Waals surface area contributed by atoms with Gasteiger partial charge < -0.3 is 0 Å². The van der Waals surface area contributed by atoms with Gasteiger partial charge in [0.15, 0.2) is 0 Å². The van der Waals surface area contributed by atoms with Crippen molar-refractivity contribution in [2.75, 3.05) is 4.95 Å². The predicted molar refractivity (Wildman–Crippen MR) is 22.9 cm³/mol. The zero-order valence-electron chi connectivity index (χ0n) is 2.72. The summed E-state index contributed by atoms with van der Waals surface area (Å²) in [5.74, 6) is 0. The van der Waals surface area contributed by atoms with E-state index in [1.165, 1.54) is 0 Å². The van der Waals surface area contributed by atoms with E-state index in [0.717, 1.165) is 0 Å². The van der Waals surface area contributed by atoms with E-state index in [2.05, 4.69) is 15.9 Å². The molecule has 0 aromatic carbocycles. The number of alkyl halides is 1. The Kier molecular flexibility index (Phi) is 2.13. The van der Waals surface area contributed by atoms with Crippen molar-refractivity contribution in [1.29, 1.82) is 0 Å². The van der Waals surface area contributed by atoms with Crippen LogP contribution in [0.15, 0.2) is 0 Å². The average Bonchev–Trinajstić information content (AvgIpc) is 1.35. The monoisotopic (exact) mass is 178 g/mol. The van der Waals surface area contributed by atoms with Gasteiger partial charge in [-0.25, -0.2) is 12.3 Å². The highest BCUT2D eigenvalue weighted by molar-refractivity contribution is 9.09. The van der Waals surface area contributed by atoms with Crippen molar-refractivity contribution in [1.82, 2.24) is 0 Å². The Morgan fingerprint density at radius 1 is 1.33 bits per heavy atom. The van der Waals surface area contributed by atoms with Crippen LogP contribution in [0.4, 0.5) is 12.3 Å². The fourth-order valence-corrected chi connectivity index (χ4v) is 0. The summed E-state index contributed by atoms with van der Waals surface area (Å²) in [5.41, 5.74) is 0. The Hall–Kier alpha value is 0.487. The first-order chi connectivity index (χ1) is 2.56. The molecule has 0 heterocycles. The first-order valence-electron chi connectivity index (χ1n) is 1.19.